The number of hydrogen-bond donors (Lipinski definition) is 3. The van der Waals surface area contributed by atoms with E-state index in [0.717, 1.165) is 6.39 Å². The van der Waals surface area contributed by atoms with Crippen molar-refractivity contribution in [2.45, 2.75) is 6.54 Å². The summed E-state index contributed by atoms with van der Waals surface area (Å²) in [5.41, 5.74) is 0.474. The molecule has 0 aliphatic rings. The van der Waals surface area contributed by atoms with Crippen LogP contribution in [-0.4, -0.2) is 27.2 Å². The molecule has 0 unspecified atom stereocenters. The maximum Gasteiger partial charge on any atom is 0.335 e. The van der Waals surface area contributed by atoms with Gasteiger partial charge >= 0.3 is 12.0 Å². The molecule has 19 heavy (non-hydrogen) atoms. The lowest BCUT2D eigenvalue weighted by atomic mass is 10.2. The van der Waals surface area contributed by atoms with Crippen LogP contribution in [0.15, 0.2) is 35.2 Å². The summed E-state index contributed by atoms with van der Waals surface area (Å²) in [6.07, 6.45) is 1.16. The molecule has 3 N–H and O–H groups in total. The molecule has 2 rings (SSSR count). The van der Waals surface area contributed by atoms with Gasteiger partial charge in [-0.1, -0.05) is 11.2 Å². The average molecular weight is 262 g/mol. The van der Waals surface area contributed by atoms with E-state index < -0.39 is 12.0 Å². The molecule has 2 amide bonds. The van der Waals surface area contributed by atoms with Gasteiger partial charge in [-0.15, -0.1) is 0 Å². The van der Waals surface area contributed by atoms with Crippen molar-refractivity contribution in [1.82, 2.24) is 15.5 Å². The van der Waals surface area contributed by atoms with Crippen molar-refractivity contribution < 1.29 is 19.2 Å². The predicted molar refractivity (Wildman–Crippen MR) is 63.6 cm³/mol. The molecule has 0 radical (unpaired) electrons. The zero-order chi connectivity index (χ0) is 13.7. The third kappa shape index (κ3) is 3.53. The number of carboxylic acids is 1. The smallest absolute Gasteiger partial charge is 0.335 e. The lowest BCUT2D eigenvalue weighted by Crippen LogP contribution is -2.28. The average Bonchev–Trinajstić information content (AvgIpc) is 2.90. The number of urea groups is 1. The minimum absolute atomic E-state index is 0.0935. The number of carbonyl (C=O) groups excluding carboxylic acids is 1. The van der Waals surface area contributed by atoms with E-state index in [2.05, 4.69) is 25.3 Å². The number of nitrogens with one attached hydrogen (secondary N) is 2. The van der Waals surface area contributed by atoms with E-state index in [-0.39, 0.29) is 12.1 Å². The molecular formula is C11H10N4O4. The fourth-order valence-electron chi connectivity index (χ4n) is 1.33. The number of amides is 2. The molecule has 0 bridgehead atoms. The Morgan fingerprint density at radius 2 is 2.21 bits per heavy atom. The van der Waals surface area contributed by atoms with Gasteiger partial charge in [-0.2, -0.15) is 4.98 Å². The molecule has 1 aromatic carbocycles. The second-order valence-electron chi connectivity index (χ2n) is 3.54. The second-order valence-corrected chi connectivity index (χ2v) is 3.54. The predicted octanol–water partition coefficient (Wildman–Crippen LogP) is 1.09. The Balaban J connectivity index is 1.91. The van der Waals surface area contributed by atoms with Gasteiger partial charge in [0.25, 0.3) is 0 Å². The molecule has 0 atom stereocenters. The number of anilines is 1. The van der Waals surface area contributed by atoms with E-state index in [1.165, 1.54) is 18.2 Å². The van der Waals surface area contributed by atoms with Crippen LogP contribution < -0.4 is 10.6 Å². The van der Waals surface area contributed by atoms with Crippen molar-refractivity contribution in [3.8, 4) is 0 Å². The standard InChI is InChI=1S/C11H10N4O4/c16-10(17)7-2-1-3-8(4-7)14-11(18)12-5-9-13-6-19-15-9/h1-4,6H,5H2,(H,16,17)(H2,12,14,18). The van der Waals surface area contributed by atoms with Crippen LogP contribution in [0.4, 0.5) is 10.5 Å². The van der Waals surface area contributed by atoms with Gasteiger partial charge in [-0.25, -0.2) is 9.59 Å². The maximum atomic E-state index is 11.5. The van der Waals surface area contributed by atoms with Crippen molar-refractivity contribution in [3.63, 3.8) is 0 Å². The Bertz CT molecular complexity index is 582. The molecule has 0 spiro atoms. The van der Waals surface area contributed by atoms with E-state index in [1.807, 2.05) is 0 Å². The lowest BCUT2D eigenvalue weighted by molar-refractivity contribution is 0.0697. The summed E-state index contributed by atoms with van der Waals surface area (Å²) < 4.78 is 4.51. The van der Waals surface area contributed by atoms with E-state index in [9.17, 15) is 9.59 Å². The highest BCUT2D eigenvalue weighted by molar-refractivity contribution is 5.93. The third-order valence-corrected chi connectivity index (χ3v) is 2.18. The number of aromatic nitrogens is 2. The first-order valence-electron chi connectivity index (χ1n) is 5.28. The highest BCUT2D eigenvalue weighted by Gasteiger charge is 2.06. The van der Waals surface area contributed by atoms with Crippen LogP contribution in [0.2, 0.25) is 0 Å². The van der Waals surface area contributed by atoms with Gasteiger partial charge in [0.15, 0.2) is 5.82 Å². The number of carbonyl (C=O) groups is 2. The summed E-state index contributed by atoms with van der Waals surface area (Å²) in [6.45, 7) is 0.112. The number of benzene rings is 1. The molecule has 1 aromatic heterocycles. The van der Waals surface area contributed by atoms with Crippen LogP contribution in [0.5, 0.6) is 0 Å². The summed E-state index contributed by atoms with van der Waals surface area (Å²) in [5.74, 6) is -0.717. The molecule has 0 saturated carbocycles. The monoisotopic (exact) mass is 262 g/mol. The quantitative estimate of drug-likeness (QED) is 0.759. The number of hydrogen-bond acceptors (Lipinski definition) is 5. The van der Waals surface area contributed by atoms with Crippen molar-refractivity contribution in [2.75, 3.05) is 5.32 Å². The van der Waals surface area contributed by atoms with E-state index in [0.29, 0.717) is 11.5 Å². The van der Waals surface area contributed by atoms with Crippen LogP contribution in [0.25, 0.3) is 0 Å². The summed E-state index contributed by atoms with van der Waals surface area (Å²) >= 11 is 0. The van der Waals surface area contributed by atoms with E-state index in [1.54, 1.807) is 6.07 Å². The van der Waals surface area contributed by atoms with Gasteiger partial charge in [-0.05, 0) is 18.2 Å². The van der Waals surface area contributed by atoms with Gasteiger partial charge in [0, 0.05) is 5.69 Å². The molecule has 1 heterocycles. The summed E-state index contributed by atoms with van der Waals surface area (Å²) in [4.78, 5) is 26.0. The fourth-order valence-corrected chi connectivity index (χ4v) is 1.33. The molecule has 8 nitrogen and oxygen atoms in total. The molecule has 2 aromatic rings. The first kappa shape index (κ1) is 12.6. The Hall–Kier alpha value is -2.90. The van der Waals surface area contributed by atoms with Crippen LogP contribution in [-0.2, 0) is 6.54 Å². The van der Waals surface area contributed by atoms with Crippen LogP contribution >= 0.6 is 0 Å². The second kappa shape index (κ2) is 5.63. The molecule has 8 heteroatoms. The van der Waals surface area contributed by atoms with E-state index >= 15 is 0 Å². The summed E-state index contributed by atoms with van der Waals surface area (Å²) in [6, 6.07) is 5.42. The molecule has 0 aliphatic carbocycles. The Kier molecular flexibility index (Phi) is 3.72. The lowest BCUT2D eigenvalue weighted by Gasteiger charge is -2.06. The van der Waals surface area contributed by atoms with Crippen LogP contribution in [0.3, 0.4) is 0 Å². The Labute approximate surface area is 107 Å². The molecule has 0 fully saturated rings. The van der Waals surface area contributed by atoms with Gasteiger partial charge in [0.2, 0.25) is 6.39 Å². The Morgan fingerprint density at radius 3 is 2.89 bits per heavy atom. The van der Waals surface area contributed by atoms with Gasteiger partial charge < -0.3 is 20.3 Å². The van der Waals surface area contributed by atoms with Crippen LogP contribution in [0, 0.1) is 0 Å². The minimum atomic E-state index is -1.06. The Morgan fingerprint density at radius 1 is 1.37 bits per heavy atom. The number of carboxylic acid groups (broad SMARTS) is 1. The summed E-state index contributed by atoms with van der Waals surface area (Å²) in [7, 11) is 0. The zero-order valence-corrected chi connectivity index (χ0v) is 9.66. The molecule has 0 saturated heterocycles. The first-order valence-corrected chi connectivity index (χ1v) is 5.28. The summed E-state index contributed by atoms with van der Waals surface area (Å²) in [5, 5.41) is 17.3. The number of nitrogens with zero attached hydrogens (tertiary/aromatic N) is 2. The normalized spacial score (nSPS) is 9.89. The maximum absolute atomic E-state index is 11.5. The highest BCUT2D eigenvalue weighted by Crippen LogP contribution is 2.10. The van der Waals surface area contributed by atoms with Gasteiger partial charge in [0.05, 0.1) is 12.1 Å². The topological polar surface area (TPSA) is 117 Å². The van der Waals surface area contributed by atoms with Gasteiger partial charge in [-0.3, -0.25) is 0 Å². The zero-order valence-electron chi connectivity index (χ0n) is 9.66. The van der Waals surface area contributed by atoms with Crippen molar-refractivity contribution >= 4 is 17.7 Å². The fraction of sp³-hybridized carbons (Fsp3) is 0.0909. The third-order valence-electron chi connectivity index (χ3n) is 2.18. The number of aromatic carboxylic acids is 1. The van der Waals surface area contributed by atoms with Crippen molar-refractivity contribution in [3.05, 3.63) is 42.0 Å². The molecular weight excluding hydrogens is 252 g/mol. The SMILES string of the molecule is O=C(NCc1ncon1)Nc1cccc(C(=O)O)c1. The highest BCUT2D eigenvalue weighted by atomic mass is 16.5. The minimum Gasteiger partial charge on any atom is -0.478 e. The molecule has 0 aliphatic heterocycles. The van der Waals surface area contributed by atoms with E-state index in [4.69, 9.17) is 5.11 Å². The van der Waals surface area contributed by atoms with Crippen molar-refractivity contribution in [2.24, 2.45) is 0 Å². The van der Waals surface area contributed by atoms with Gasteiger partial charge in [0.1, 0.15) is 0 Å². The molecule has 98 valence electrons. The van der Waals surface area contributed by atoms with Crippen LogP contribution in [0.1, 0.15) is 16.2 Å². The van der Waals surface area contributed by atoms with Crippen molar-refractivity contribution in [1.29, 1.82) is 0 Å². The largest absolute Gasteiger partial charge is 0.478 e. The first-order chi connectivity index (χ1) is 9.15. The number of rotatable bonds is 4.